The zero-order chi connectivity index (χ0) is 13.6. The van der Waals surface area contributed by atoms with E-state index in [1.807, 2.05) is 0 Å². The summed E-state index contributed by atoms with van der Waals surface area (Å²) < 4.78 is 0. The molecule has 0 aliphatic heterocycles. The average molecular weight is 256 g/mol. The van der Waals surface area contributed by atoms with Crippen molar-refractivity contribution in [1.82, 2.24) is 4.90 Å². The fourth-order valence-corrected chi connectivity index (χ4v) is 2.05. The van der Waals surface area contributed by atoms with Crippen LogP contribution in [-0.4, -0.2) is 30.4 Å². The van der Waals surface area contributed by atoms with Crippen molar-refractivity contribution >= 4 is 5.91 Å². The SMILES string of the molecule is CCCCCN(CCCCC)C(=O)CCCCN. The Kier molecular flexibility index (Phi) is 12.5. The number of carbonyl (C=O) groups is 1. The predicted octanol–water partition coefficient (Wildman–Crippen LogP) is 3.32. The molecule has 108 valence electrons. The Morgan fingerprint density at radius 2 is 1.44 bits per heavy atom. The van der Waals surface area contributed by atoms with Crippen molar-refractivity contribution < 1.29 is 4.79 Å². The quantitative estimate of drug-likeness (QED) is 0.544. The third-order valence-corrected chi connectivity index (χ3v) is 3.26. The molecular formula is C15H32N2O. The third-order valence-electron chi connectivity index (χ3n) is 3.26. The molecule has 3 nitrogen and oxygen atoms in total. The molecule has 0 atom stereocenters. The van der Waals surface area contributed by atoms with Crippen molar-refractivity contribution in [2.45, 2.75) is 71.6 Å². The Morgan fingerprint density at radius 3 is 1.89 bits per heavy atom. The molecule has 0 fully saturated rings. The first-order valence-electron chi connectivity index (χ1n) is 7.74. The summed E-state index contributed by atoms with van der Waals surface area (Å²) in [5.74, 6) is 0.329. The molecule has 0 aliphatic rings. The number of nitrogens with zero attached hydrogens (tertiary/aromatic N) is 1. The van der Waals surface area contributed by atoms with E-state index in [0.29, 0.717) is 18.9 Å². The van der Waals surface area contributed by atoms with E-state index in [4.69, 9.17) is 5.73 Å². The van der Waals surface area contributed by atoms with Gasteiger partial charge in [0.1, 0.15) is 0 Å². The number of nitrogens with two attached hydrogens (primary N) is 1. The topological polar surface area (TPSA) is 46.3 Å². The van der Waals surface area contributed by atoms with Gasteiger partial charge in [0.25, 0.3) is 0 Å². The standard InChI is InChI=1S/C15H32N2O/c1-3-5-9-13-17(14-10-6-4-2)15(18)11-7-8-12-16/h3-14,16H2,1-2H3. The molecule has 2 N–H and O–H groups in total. The number of rotatable bonds is 12. The molecule has 18 heavy (non-hydrogen) atoms. The van der Waals surface area contributed by atoms with Gasteiger partial charge in [-0.2, -0.15) is 0 Å². The maximum Gasteiger partial charge on any atom is 0.222 e. The monoisotopic (exact) mass is 256 g/mol. The first-order chi connectivity index (χ1) is 8.76. The molecule has 0 aromatic rings. The lowest BCUT2D eigenvalue weighted by molar-refractivity contribution is -0.131. The second-order valence-corrected chi connectivity index (χ2v) is 5.04. The molecule has 0 aromatic heterocycles. The van der Waals surface area contributed by atoms with E-state index >= 15 is 0 Å². The molecular weight excluding hydrogens is 224 g/mol. The van der Waals surface area contributed by atoms with Crippen LogP contribution >= 0.6 is 0 Å². The van der Waals surface area contributed by atoms with Gasteiger partial charge in [0.05, 0.1) is 0 Å². The van der Waals surface area contributed by atoms with Crippen molar-refractivity contribution in [3.8, 4) is 0 Å². The molecule has 0 rings (SSSR count). The fourth-order valence-electron chi connectivity index (χ4n) is 2.05. The highest BCUT2D eigenvalue weighted by atomic mass is 16.2. The van der Waals surface area contributed by atoms with Crippen LogP contribution in [0.1, 0.15) is 71.6 Å². The van der Waals surface area contributed by atoms with Crippen molar-refractivity contribution in [3.63, 3.8) is 0 Å². The number of hydrogen-bond donors (Lipinski definition) is 1. The van der Waals surface area contributed by atoms with Crippen LogP contribution in [0.4, 0.5) is 0 Å². The second-order valence-electron chi connectivity index (χ2n) is 5.04. The zero-order valence-corrected chi connectivity index (χ0v) is 12.4. The molecule has 0 unspecified atom stereocenters. The van der Waals surface area contributed by atoms with Crippen LogP contribution < -0.4 is 5.73 Å². The van der Waals surface area contributed by atoms with Gasteiger partial charge in [0, 0.05) is 19.5 Å². The van der Waals surface area contributed by atoms with Crippen molar-refractivity contribution in [2.75, 3.05) is 19.6 Å². The van der Waals surface area contributed by atoms with Gasteiger partial charge in [0.15, 0.2) is 0 Å². The van der Waals surface area contributed by atoms with Crippen molar-refractivity contribution in [1.29, 1.82) is 0 Å². The lowest BCUT2D eigenvalue weighted by atomic mass is 10.1. The highest BCUT2D eigenvalue weighted by Gasteiger charge is 2.11. The minimum absolute atomic E-state index is 0.329. The number of carbonyl (C=O) groups excluding carboxylic acids is 1. The average Bonchev–Trinajstić information content (AvgIpc) is 2.37. The largest absolute Gasteiger partial charge is 0.343 e. The van der Waals surface area contributed by atoms with Gasteiger partial charge in [-0.1, -0.05) is 39.5 Å². The summed E-state index contributed by atoms with van der Waals surface area (Å²) in [6.07, 6.45) is 9.73. The Bertz CT molecular complexity index is 185. The van der Waals surface area contributed by atoms with Crippen LogP contribution in [0.3, 0.4) is 0 Å². The van der Waals surface area contributed by atoms with Gasteiger partial charge in [-0.3, -0.25) is 4.79 Å². The molecule has 0 saturated heterocycles. The maximum absolute atomic E-state index is 12.1. The smallest absolute Gasteiger partial charge is 0.222 e. The summed E-state index contributed by atoms with van der Waals surface area (Å²) in [7, 11) is 0. The predicted molar refractivity (Wildman–Crippen MR) is 78.5 cm³/mol. The fraction of sp³-hybridized carbons (Fsp3) is 0.933. The van der Waals surface area contributed by atoms with E-state index in [0.717, 1.165) is 38.8 Å². The van der Waals surface area contributed by atoms with Gasteiger partial charge >= 0.3 is 0 Å². The van der Waals surface area contributed by atoms with Gasteiger partial charge in [0.2, 0.25) is 5.91 Å². The molecule has 1 amide bonds. The first kappa shape index (κ1) is 17.4. The Balaban J connectivity index is 3.95. The first-order valence-corrected chi connectivity index (χ1v) is 7.74. The number of unbranched alkanes of at least 4 members (excludes halogenated alkanes) is 5. The summed E-state index contributed by atoms with van der Waals surface area (Å²) in [5, 5.41) is 0. The Labute approximate surface area is 113 Å². The summed E-state index contributed by atoms with van der Waals surface area (Å²) in [6, 6.07) is 0. The van der Waals surface area contributed by atoms with Crippen LogP contribution in [0.25, 0.3) is 0 Å². The molecule has 0 heterocycles. The van der Waals surface area contributed by atoms with E-state index in [2.05, 4.69) is 18.7 Å². The molecule has 0 spiro atoms. The molecule has 3 heteroatoms. The zero-order valence-electron chi connectivity index (χ0n) is 12.4. The highest BCUT2D eigenvalue weighted by molar-refractivity contribution is 5.76. The summed E-state index contributed by atoms with van der Waals surface area (Å²) in [5.41, 5.74) is 5.46. The normalized spacial score (nSPS) is 10.6. The highest BCUT2D eigenvalue weighted by Crippen LogP contribution is 2.06. The second kappa shape index (κ2) is 12.9. The third kappa shape index (κ3) is 9.46. The van der Waals surface area contributed by atoms with Gasteiger partial charge < -0.3 is 10.6 Å². The van der Waals surface area contributed by atoms with Gasteiger partial charge in [-0.25, -0.2) is 0 Å². The number of hydrogen-bond acceptors (Lipinski definition) is 2. The van der Waals surface area contributed by atoms with Crippen LogP contribution in [0.5, 0.6) is 0 Å². The minimum Gasteiger partial charge on any atom is -0.343 e. The van der Waals surface area contributed by atoms with E-state index < -0.39 is 0 Å². The summed E-state index contributed by atoms with van der Waals surface area (Å²) in [4.78, 5) is 14.2. The van der Waals surface area contributed by atoms with E-state index in [-0.39, 0.29) is 0 Å². The van der Waals surface area contributed by atoms with Crippen LogP contribution in [0, 0.1) is 0 Å². The van der Waals surface area contributed by atoms with Crippen LogP contribution in [-0.2, 0) is 4.79 Å². The molecule has 0 radical (unpaired) electrons. The van der Waals surface area contributed by atoms with Crippen LogP contribution in [0.15, 0.2) is 0 Å². The summed E-state index contributed by atoms with van der Waals surface area (Å²) in [6.45, 7) is 6.98. The van der Waals surface area contributed by atoms with Gasteiger partial charge in [-0.15, -0.1) is 0 Å². The Hall–Kier alpha value is -0.570. The van der Waals surface area contributed by atoms with Gasteiger partial charge in [-0.05, 0) is 32.2 Å². The van der Waals surface area contributed by atoms with E-state index in [1.165, 1.54) is 25.7 Å². The lowest BCUT2D eigenvalue weighted by Crippen LogP contribution is -2.32. The maximum atomic E-state index is 12.1. The number of amides is 1. The minimum atomic E-state index is 0.329. The van der Waals surface area contributed by atoms with E-state index in [9.17, 15) is 4.79 Å². The van der Waals surface area contributed by atoms with Crippen molar-refractivity contribution in [2.24, 2.45) is 5.73 Å². The van der Waals surface area contributed by atoms with Crippen molar-refractivity contribution in [3.05, 3.63) is 0 Å². The molecule has 0 saturated carbocycles. The van der Waals surface area contributed by atoms with E-state index in [1.54, 1.807) is 0 Å². The molecule has 0 aliphatic carbocycles. The molecule has 0 bridgehead atoms. The van der Waals surface area contributed by atoms with Crippen LogP contribution in [0.2, 0.25) is 0 Å². The molecule has 0 aromatic carbocycles. The lowest BCUT2D eigenvalue weighted by Gasteiger charge is -2.22. The summed E-state index contributed by atoms with van der Waals surface area (Å²) >= 11 is 0. The Morgan fingerprint density at radius 1 is 0.889 bits per heavy atom.